The summed E-state index contributed by atoms with van der Waals surface area (Å²) in [4.78, 5) is 0. The van der Waals surface area contributed by atoms with Gasteiger partial charge in [-0.2, -0.15) is 11.8 Å². The Labute approximate surface area is 86.5 Å². The molecule has 2 nitrogen and oxygen atoms in total. The lowest BCUT2D eigenvalue weighted by Gasteiger charge is -2.12. The van der Waals surface area contributed by atoms with Gasteiger partial charge in [-0.1, -0.05) is 6.92 Å². The molecule has 0 heterocycles. The fraction of sp³-hybridized carbons (Fsp3) is 1.00. The number of aliphatic hydroxyl groups is 1. The first-order valence-electron chi connectivity index (χ1n) is 5.23. The van der Waals surface area contributed by atoms with E-state index in [9.17, 15) is 0 Å². The largest absolute Gasteiger partial charge is 0.396 e. The molecule has 0 radical (unpaired) electrons. The van der Waals surface area contributed by atoms with Gasteiger partial charge in [-0.25, -0.2) is 0 Å². The van der Waals surface area contributed by atoms with Crippen LogP contribution < -0.4 is 5.32 Å². The predicted molar refractivity (Wildman–Crippen MR) is 61.4 cm³/mol. The highest BCUT2D eigenvalue weighted by molar-refractivity contribution is 7.99. The lowest BCUT2D eigenvalue weighted by atomic mass is 10.2. The minimum Gasteiger partial charge on any atom is -0.396 e. The lowest BCUT2D eigenvalue weighted by molar-refractivity contribution is 0.276. The Morgan fingerprint density at radius 1 is 1.38 bits per heavy atom. The molecule has 0 fully saturated rings. The molecule has 0 saturated carbocycles. The summed E-state index contributed by atoms with van der Waals surface area (Å²) in [6.45, 7) is 5.81. The Kier molecular flexibility index (Phi) is 10.6. The number of thioether (sulfide) groups is 1. The molecule has 0 aromatic carbocycles. The van der Waals surface area contributed by atoms with Crippen LogP contribution >= 0.6 is 11.8 Å². The van der Waals surface area contributed by atoms with E-state index < -0.39 is 0 Å². The van der Waals surface area contributed by atoms with Crippen molar-refractivity contribution < 1.29 is 5.11 Å². The molecule has 0 rings (SSSR count). The van der Waals surface area contributed by atoms with Crippen LogP contribution in [-0.4, -0.2) is 35.8 Å². The molecule has 0 bridgehead atoms. The second-order valence-electron chi connectivity index (χ2n) is 3.27. The van der Waals surface area contributed by atoms with Crippen molar-refractivity contribution in [1.82, 2.24) is 5.32 Å². The van der Waals surface area contributed by atoms with E-state index in [1.165, 1.54) is 17.9 Å². The number of hydrogen-bond donors (Lipinski definition) is 2. The van der Waals surface area contributed by atoms with E-state index in [2.05, 4.69) is 19.2 Å². The average molecular weight is 205 g/mol. The second-order valence-corrected chi connectivity index (χ2v) is 4.67. The minimum absolute atomic E-state index is 0.317. The van der Waals surface area contributed by atoms with Gasteiger partial charge < -0.3 is 10.4 Å². The molecule has 0 aliphatic carbocycles. The summed E-state index contributed by atoms with van der Waals surface area (Å²) in [7, 11) is 0. The fourth-order valence-corrected chi connectivity index (χ4v) is 1.80. The van der Waals surface area contributed by atoms with Crippen molar-refractivity contribution in [3.8, 4) is 0 Å². The molecule has 0 aliphatic heterocycles. The molecule has 1 atom stereocenters. The van der Waals surface area contributed by atoms with Gasteiger partial charge in [0.05, 0.1) is 0 Å². The number of hydrogen-bond acceptors (Lipinski definition) is 3. The van der Waals surface area contributed by atoms with Crippen molar-refractivity contribution in [1.29, 1.82) is 0 Å². The lowest BCUT2D eigenvalue weighted by Crippen LogP contribution is -2.27. The first kappa shape index (κ1) is 13.3. The highest BCUT2D eigenvalue weighted by Gasteiger charge is 1.98. The van der Waals surface area contributed by atoms with Gasteiger partial charge >= 0.3 is 0 Å². The molecule has 0 amide bonds. The Morgan fingerprint density at radius 2 is 2.15 bits per heavy atom. The van der Waals surface area contributed by atoms with Crippen molar-refractivity contribution in [3.63, 3.8) is 0 Å². The standard InChI is InChI=1S/C10H23NOS/c1-3-13-9-5-7-11-10(2)6-4-8-12/h10-12H,3-9H2,1-2H3. The second kappa shape index (κ2) is 10.4. The van der Waals surface area contributed by atoms with Crippen LogP contribution in [0.4, 0.5) is 0 Å². The summed E-state index contributed by atoms with van der Waals surface area (Å²) in [5, 5.41) is 12.1. The van der Waals surface area contributed by atoms with E-state index in [1.807, 2.05) is 11.8 Å². The normalized spacial score (nSPS) is 13.2. The van der Waals surface area contributed by atoms with E-state index >= 15 is 0 Å². The van der Waals surface area contributed by atoms with Gasteiger partial charge in [0, 0.05) is 12.6 Å². The molecule has 0 spiro atoms. The molecule has 3 heteroatoms. The zero-order valence-electron chi connectivity index (χ0n) is 8.88. The summed E-state index contributed by atoms with van der Waals surface area (Å²) in [5.74, 6) is 2.48. The molecule has 0 saturated heterocycles. The zero-order valence-corrected chi connectivity index (χ0v) is 9.70. The van der Waals surface area contributed by atoms with E-state index in [-0.39, 0.29) is 0 Å². The summed E-state index contributed by atoms with van der Waals surface area (Å²) in [5.41, 5.74) is 0. The number of aliphatic hydroxyl groups excluding tert-OH is 1. The summed E-state index contributed by atoms with van der Waals surface area (Å²) >= 11 is 2.00. The Bertz CT molecular complexity index is 101. The van der Waals surface area contributed by atoms with Crippen molar-refractivity contribution >= 4 is 11.8 Å². The van der Waals surface area contributed by atoms with Gasteiger partial charge in [0.1, 0.15) is 0 Å². The van der Waals surface area contributed by atoms with Crippen molar-refractivity contribution in [2.75, 3.05) is 24.7 Å². The maximum absolute atomic E-state index is 8.63. The van der Waals surface area contributed by atoms with Gasteiger partial charge in [-0.05, 0) is 44.2 Å². The van der Waals surface area contributed by atoms with Gasteiger partial charge in [-0.3, -0.25) is 0 Å². The molecular weight excluding hydrogens is 182 g/mol. The quantitative estimate of drug-likeness (QED) is 0.564. The van der Waals surface area contributed by atoms with E-state index in [0.717, 1.165) is 19.4 Å². The minimum atomic E-state index is 0.317. The van der Waals surface area contributed by atoms with E-state index in [1.54, 1.807) is 0 Å². The van der Waals surface area contributed by atoms with Crippen LogP contribution in [0.25, 0.3) is 0 Å². The number of nitrogens with one attached hydrogen (secondary N) is 1. The Hall–Kier alpha value is 0.270. The topological polar surface area (TPSA) is 32.3 Å². The molecule has 2 N–H and O–H groups in total. The van der Waals surface area contributed by atoms with Crippen molar-refractivity contribution in [3.05, 3.63) is 0 Å². The monoisotopic (exact) mass is 205 g/mol. The predicted octanol–water partition coefficient (Wildman–Crippen LogP) is 1.88. The molecule has 13 heavy (non-hydrogen) atoms. The van der Waals surface area contributed by atoms with Crippen LogP contribution in [-0.2, 0) is 0 Å². The average Bonchev–Trinajstić information content (AvgIpc) is 2.14. The van der Waals surface area contributed by atoms with Crippen molar-refractivity contribution in [2.45, 2.75) is 39.2 Å². The highest BCUT2D eigenvalue weighted by Crippen LogP contribution is 2.00. The first-order chi connectivity index (χ1) is 6.31. The third-order valence-corrected chi connectivity index (χ3v) is 2.94. The van der Waals surface area contributed by atoms with Crippen LogP contribution in [0.2, 0.25) is 0 Å². The van der Waals surface area contributed by atoms with Crippen LogP contribution in [0.5, 0.6) is 0 Å². The molecular formula is C10H23NOS. The van der Waals surface area contributed by atoms with Gasteiger partial charge in [0.2, 0.25) is 0 Å². The third kappa shape index (κ3) is 10.2. The summed E-state index contributed by atoms with van der Waals surface area (Å²) in [6.07, 6.45) is 3.25. The SMILES string of the molecule is CCSCCCNC(C)CCCO. The molecule has 0 aliphatic rings. The van der Waals surface area contributed by atoms with Gasteiger partial charge in [-0.15, -0.1) is 0 Å². The zero-order chi connectivity index (χ0) is 9.94. The molecule has 0 aromatic rings. The summed E-state index contributed by atoms with van der Waals surface area (Å²) < 4.78 is 0. The smallest absolute Gasteiger partial charge is 0.0431 e. The van der Waals surface area contributed by atoms with Crippen LogP contribution in [0.15, 0.2) is 0 Å². The van der Waals surface area contributed by atoms with Crippen LogP contribution in [0.1, 0.15) is 33.1 Å². The third-order valence-electron chi connectivity index (χ3n) is 1.96. The van der Waals surface area contributed by atoms with E-state index in [4.69, 9.17) is 5.11 Å². The van der Waals surface area contributed by atoms with E-state index in [0.29, 0.717) is 12.6 Å². The summed E-state index contributed by atoms with van der Waals surface area (Å²) in [6, 6.07) is 0.554. The molecule has 80 valence electrons. The molecule has 0 aromatic heterocycles. The number of rotatable bonds is 9. The first-order valence-corrected chi connectivity index (χ1v) is 6.38. The van der Waals surface area contributed by atoms with Gasteiger partial charge in [0.25, 0.3) is 0 Å². The Balaban J connectivity index is 3.03. The fourth-order valence-electron chi connectivity index (χ4n) is 1.17. The Morgan fingerprint density at radius 3 is 2.77 bits per heavy atom. The maximum atomic E-state index is 8.63. The van der Waals surface area contributed by atoms with Crippen LogP contribution in [0, 0.1) is 0 Å². The van der Waals surface area contributed by atoms with Crippen molar-refractivity contribution in [2.24, 2.45) is 0 Å². The maximum Gasteiger partial charge on any atom is 0.0431 e. The highest BCUT2D eigenvalue weighted by atomic mass is 32.2. The van der Waals surface area contributed by atoms with Gasteiger partial charge in [0.15, 0.2) is 0 Å². The molecule has 1 unspecified atom stereocenters. The van der Waals surface area contributed by atoms with Crippen LogP contribution in [0.3, 0.4) is 0 Å².